The van der Waals surface area contributed by atoms with Crippen molar-refractivity contribution < 1.29 is 19.1 Å². The zero-order valence-corrected chi connectivity index (χ0v) is 14.7. The number of para-hydroxylation sites is 2. The Bertz CT molecular complexity index is 778. The lowest BCUT2D eigenvalue weighted by molar-refractivity contribution is -0.145. The van der Waals surface area contributed by atoms with Crippen molar-refractivity contribution in [3.8, 4) is 5.75 Å². The molecular formula is C19H19NO4S. The molecule has 1 aliphatic heterocycles. The van der Waals surface area contributed by atoms with Crippen molar-refractivity contribution in [2.45, 2.75) is 23.5 Å². The summed E-state index contributed by atoms with van der Waals surface area (Å²) >= 11 is 1.39. The first-order valence-corrected chi connectivity index (χ1v) is 8.92. The first-order valence-electron chi connectivity index (χ1n) is 8.04. The fourth-order valence-electron chi connectivity index (χ4n) is 2.46. The second-order valence-corrected chi connectivity index (χ2v) is 6.88. The summed E-state index contributed by atoms with van der Waals surface area (Å²) in [4.78, 5) is 25.0. The van der Waals surface area contributed by atoms with Crippen molar-refractivity contribution in [3.63, 3.8) is 0 Å². The Balaban J connectivity index is 1.44. The van der Waals surface area contributed by atoms with Gasteiger partial charge in [0.1, 0.15) is 19.0 Å². The minimum Gasteiger partial charge on any atom is -0.490 e. The number of esters is 1. The summed E-state index contributed by atoms with van der Waals surface area (Å²) in [6.07, 6.45) is 0.0369. The van der Waals surface area contributed by atoms with Gasteiger partial charge in [0.15, 0.2) is 0 Å². The van der Waals surface area contributed by atoms with Gasteiger partial charge in [-0.1, -0.05) is 30.3 Å². The Morgan fingerprint density at radius 3 is 2.72 bits per heavy atom. The third kappa shape index (κ3) is 4.54. The molecule has 0 aliphatic carbocycles. The van der Waals surface area contributed by atoms with Gasteiger partial charge < -0.3 is 14.8 Å². The second-order valence-electron chi connectivity index (χ2n) is 5.63. The minimum absolute atomic E-state index is 0.0369. The number of aryl methyl sites for hydroxylation is 1. The van der Waals surface area contributed by atoms with E-state index in [4.69, 9.17) is 9.47 Å². The number of nitrogens with one attached hydrogen (secondary N) is 1. The standard InChI is InChI=1S/C19H19NO4S/c1-13-6-2-4-8-15(13)23-10-11-24-18(21)12-17-19(22)20-14-7-3-5-9-16(14)25-17/h2-9,17H,10-12H2,1H3,(H,20,22)/t17-/m1/s1. The van der Waals surface area contributed by atoms with Crippen molar-refractivity contribution >= 4 is 29.3 Å². The Morgan fingerprint density at radius 1 is 1.12 bits per heavy atom. The Hall–Kier alpha value is -2.47. The first-order chi connectivity index (χ1) is 12.1. The Kier molecular flexibility index (Phi) is 5.60. The van der Waals surface area contributed by atoms with Crippen molar-refractivity contribution in [3.05, 3.63) is 54.1 Å². The molecule has 0 unspecified atom stereocenters. The van der Waals surface area contributed by atoms with Gasteiger partial charge in [0, 0.05) is 4.90 Å². The number of anilines is 1. The highest BCUT2D eigenvalue weighted by molar-refractivity contribution is 8.01. The van der Waals surface area contributed by atoms with E-state index in [1.807, 2.05) is 55.5 Å². The molecule has 25 heavy (non-hydrogen) atoms. The van der Waals surface area contributed by atoms with Crippen LogP contribution in [0.25, 0.3) is 0 Å². The number of carbonyl (C=O) groups excluding carboxylic acids is 2. The quantitative estimate of drug-likeness (QED) is 0.634. The van der Waals surface area contributed by atoms with Crippen molar-refractivity contribution in [2.24, 2.45) is 0 Å². The molecule has 1 heterocycles. The van der Waals surface area contributed by atoms with Crippen LogP contribution in [0.15, 0.2) is 53.4 Å². The number of carbonyl (C=O) groups is 2. The summed E-state index contributed by atoms with van der Waals surface area (Å²) < 4.78 is 10.8. The van der Waals surface area contributed by atoms with E-state index in [2.05, 4.69) is 5.32 Å². The normalized spacial score (nSPS) is 15.9. The van der Waals surface area contributed by atoms with Crippen LogP contribution >= 0.6 is 11.8 Å². The number of hydrogen-bond donors (Lipinski definition) is 1. The molecule has 1 N–H and O–H groups in total. The predicted molar refractivity (Wildman–Crippen MR) is 97.0 cm³/mol. The molecular weight excluding hydrogens is 338 g/mol. The van der Waals surface area contributed by atoms with Crippen molar-refractivity contribution in [1.29, 1.82) is 0 Å². The third-order valence-electron chi connectivity index (χ3n) is 3.76. The van der Waals surface area contributed by atoms with Crippen LogP contribution in [0.2, 0.25) is 0 Å². The van der Waals surface area contributed by atoms with Gasteiger partial charge in [-0.3, -0.25) is 9.59 Å². The first kappa shape index (κ1) is 17.4. The van der Waals surface area contributed by atoms with Crippen molar-refractivity contribution in [2.75, 3.05) is 18.5 Å². The molecule has 2 aromatic carbocycles. The van der Waals surface area contributed by atoms with E-state index >= 15 is 0 Å². The number of amides is 1. The largest absolute Gasteiger partial charge is 0.490 e. The van der Waals surface area contributed by atoms with Crippen LogP contribution in [0.3, 0.4) is 0 Å². The smallest absolute Gasteiger partial charge is 0.307 e. The van der Waals surface area contributed by atoms with Crippen LogP contribution in [0.4, 0.5) is 5.69 Å². The summed E-state index contributed by atoms with van der Waals surface area (Å²) in [5.41, 5.74) is 1.82. The van der Waals surface area contributed by atoms with Crippen LogP contribution in [-0.4, -0.2) is 30.3 Å². The van der Waals surface area contributed by atoms with Gasteiger partial charge in [-0.05, 0) is 30.7 Å². The molecule has 0 aromatic heterocycles. The molecule has 1 atom stereocenters. The van der Waals surface area contributed by atoms with Gasteiger partial charge in [-0.15, -0.1) is 11.8 Å². The predicted octanol–water partition coefficient (Wildman–Crippen LogP) is 3.42. The molecule has 3 rings (SSSR count). The Morgan fingerprint density at radius 2 is 1.88 bits per heavy atom. The third-order valence-corrected chi connectivity index (χ3v) is 5.03. The zero-order chi connectivity index (χ0) is 17.6. The summed E-state index contributed by atoms with van der Waals surface area (Å²) in [5.74, 6) is 0.203. The fourth-order valence-corrected chi connectivity index (χ4v) is 3.56. The lowest BCUT2D eigenvalue weighted by atomic mass is 10.2. The SMILES string of the molecule is Cc1ccccc1OCCOC(=O)C[C@H]1Sc2ccccc2NC1=O. The van der Waals surface area contributed by atoms with Gasteiger partial charge in [0.2, 0.25) is 5.91 Å². The van der Waals surface area contributed by atoms with Crippen LogP contribution < -0.4 is 10.1 Å². The number of ether oxygens (including phenoxy) is 2. The summed E-state index contributed by atoms with van der Waals surface area (Å²) in [5, 5.41) is 2.35. The van der Waals surface area contributed by atoms with E-state index in [-0.39, 0.29) is 25.5 Å². The highest BCUT2D eigenvalue weighted by atomic mass is 32.2. The van der Waals surface area contributed by atoms with Crippen LogP contribution in [0.5, 0.6) is 5.75 Å². The average Bonchev–Trinajstić information content (AvgIpc) is 2.61. The summed E-state index contributed by atoms with van der Waals surface area (Å²) in [7, 11) is 0. The van der Waals surface area contributed by atoms with Crippen LogP contribution in [0.1, 0.15) is 12.0 Å². The number of hydrogen-bond acceptors (Lipinski definition) is 5. The Labute approximate surface area is 150 Å². The van der Waals surface area contributed by atoms with E-state index in [9.17, 15) is 9.59 Å². The van der Waals surface area contributed by atoms with E-state index in [1.54, 1.807) is 0 Å². The van der Waals surface area contributed by atoms with E-state index in [1.165, 1.54) is 11.8 Å². The molecule has 0 radical (unpaired) electrons. The summed E-state index contributed by atoms with van der Waals surface area (Å²) in [6.45, 7) is 2.39. The van der Waals surface area contributed by atoms with Crippen LogP contribution in [-0.2, 0) is 14.3 Å². The molecule has 1 amide bonds. The molecule has 5 nitrogen and oxygen atoms in total. The molecule has 6 heteroatoms. The van der Waals surface area contributed by atoms with Gasteiger partial charge >= 0.3 is 5.97 Å². The van der Waals surface area contributed by atoms with Gasteiger partial charge in [0.05, 0.1) is 17.4 Å². The molecule has 0 bridgehead atoms. The highest BCUT2D eigenvalue weighted by Crippen LogP contribution is 2.36. The van der Waals surface area contributed by atoms with Crippen molar-refractivity contribution in [1.82, 2.24) is 0 Å². The lowest BCUT2D eigenvalue weighted by Crippen LogP contribution is -2.31. The van der Waals surface area contributed by atoms with Gasteiger partial charge in [-0.2, -0.15) is 0 Å². The molecule has 0 spiro atoms. The number of thioether (sulfide) groups is 1. The maximum atomic E-state index is 12.1. The number of fused-ring (bicyclic) bond motifs is 1. The lowest BCUT2D eigenvalue weighted by Gasteiger charge is -2.23. The molecule has 0 saturated heterocycles. The fraction of sp³-hybridized carbons (Fsp3) is 0.263. The van der Waals surface area contributed by atoms with Crippen LogP contribution in [0, 0.1) is 6.92 Å². The number of benzene rings is 2. The molecule has 1 aliphatic rings. The zero-order valence-electron chi connectivity index (χ0n) is 13.9. The molecule has 0 saturated carbocycles. The van der Waals surface area contributed by atoms with E-state index in [0.29, 0.717) is 0 Å². The maximum absolute atomic E-state index is 12.1. The monoisotopic (exact) mass is 357 g/mol. The van der Waals surface area contributed by atoms with E-state index < -0.39 is 11.2 Å². The minimum atomic E-state index is -0.473. The number of rotatable bonds is 6. The van der Waals surface area contributed by atoms with E-state index in [0.717, 1.165) is 21.9 Å². The molecule has 130 valence electrons. The van der Waals surface area contributed by atoms with Gasteiger partial charge in [0.25, 0.3) is 0 Å². The maximum Gasteiger partial charge on any atom is 0.307 e. The summed E-state index contributed by atoms with van der Waals surface area (Å²) in [6, 6.07) is 15.2. The average molecular weight is 357 g/mol. The molecule has 2 aromatic rings. The molecule has 0 fully saturated rings. The second kappa shape index (κ2) is 8.07. The van der Waals surface area contributed by atoms with Gasteiger partial charge in [-0.25, -0.2) is 0 Å². The highest BCUT2D eigenvalue weighted by Gasteiger charge is 2.29. The topological polar surface area (TPSA) is 64.6 Å².